The van der Waals surface area contributed by atoms with Crippen molar-refractivity contribution in [1.82, 2.24) is 10.3 Å². The molecule has 0 saturated heterocycles. The molecule has 2 bridgehead atoms. The zero-order chi connectivity index (χ0) is 21.5. The van der Waals surface area contributed by atoms with Crippen molar-refractivity contribution in [3.8, 4) is 10.6 Å². The van der Waals surface area contributed by atoms with Crippen LogP contribution in [0.5, 0.6) is 0 Å². The van der Waals surface area contributed by atoms with Gasteiger partial charge >= 0.3 is 0 Å². The normalized spacial score (nSPS) is 27.8. The van der Waals surface area contributed by atoms with E-state index in [1.807, 2.05) is 18.2 Å². The van der Waals surface area contributed by atoms with Gasteiger partial charge in [0.2, 0.25) is 0 Å². The molecule has 6 nitrogen and oxygen atoms in total. The Morgan fingerprint density at radius 2 is 1.81 bits per heavy atom. The van der Waals surface area contributed by atoms with E-state index in [0.717, 1.165) is 35.5 Å². The number of sulfone groups is 1. The molecule has 4 aliphatic rings. The Hall–Kier alpha value is -2.45. The second-order valence-electron chi connectivity index (χ2n) is 9.38. The molecule has 2 aromatic heterocycles. The highest BCUT2D eigenvalue weighted by atomic mass is 32.2. The number of aromatic nitrogens is 1. The molecule has 8 heteroatoms. The van der Waals surface area contributed by atoms with Crippen molar-refractivity contribution >= 4 is 27.1 Å². The molecule has 0 atom stereocenters. The minimum atomic E-state index is -3.27. The first-order valence-electron chi connectivity index (χ1n) is 10.4. The summed E-state index contributed by atoms with van der Waals surface area (Å²) in [7, 11) is -3.27. The number of hydrogen-bond donors (Lipinski definition) is 1. The number of rotatable bonds is 6. The van der Waals surface area contributed by atoms with E-state index in [0.29, 0.717) is 18.6 Å². The molecule has 4 saturated carbocycles. The summed E-state index contributed by atoms with van der Waals surface area (Å²) in [5, 5.41) is 6.30. The highest BCUT2D eigenvalue weighted by molar-refractivity contribution is 7.91. The van der Waals surface area contributed by atoms with Gasteiger partial charge in [-0.2, -0.15) is 0 Å². The van der Waals surface area contributed by atoms with Crippen molar-refractivity contribution in [2.24, 2.45) is 0 Å². The summed E-state index contributed by atoms with van der Waals surface area (Å²) >= 11 is 1.66. The number of benzene rings is 1. The maximum Gasteiger partial charge on any atom is 0.287 e. The average Bonchev–Trinajstić information content (AvgIpc) is 3.13. The molecule has 0 radical (unpaired) electrons. The number of nitrogens with zero attached hydrogens (tertiary/aromatic N) is 1. The molecule has 4 fully saturated rings. The number of amides is 1. The van der Waals surface area contributed by atoms with Crippen molar-refractivity contribution in [2.75, 3.05) is 6.26 Å². The molecule has 1 N–H and O–H groups in total. The molecule has 3 aromatic rings. The zero-order valence-electron chi connectivity index (χ0n) is 17.1. The fraction of sp³-hybridized carbons (Fsp3) is 0.391. The van der Waals surface area contributed by atoms with Crippen LogP contribution in [-0.4, -0.2) is 31.1 Å². The molecule has 0 unspecified atom stereocenters. The Morgan fingerprint density at radius 1 is 1.10 bits per heavy atom. The smallest absolute Gasteiger partial charge is 0.287 e. The van der Waals surface area contributed by atoms with Crippen LogP contribution in [0, 0.1) is 0 Å². The van der Waals surface area contributed by atoms with E-state index in [4.69, 9.17) is 9.40 Å². The van der Waals surface area contributed by atoms with E-state index >= 15 is 0 Å². The summed E-state index contributed by atoms with van der Waals surface area (Å²) in [5.74, 6) is 0.293. The van der Waals surface area contributed by atoms with Crippen molar-refractivity contribution in [1.29, 1.82) is 0 Å². The molecular weight excluding hydrogens is 432 g/mol. The third-order valence-corrected chi connectivity index (χ3v) is 10.1. The van der Waals surface area contributed by atoms with Gasteiger partial charge in [0, 0.05) is 28.2 Å². The average molecular weight is 455 g/mol. The van der Waals surface area contributed by atoms with Gasteiger partial charge in [-0.05, 0) is 44.2 Å². The van der Waals surface area contributed by atoms with Crippen LogP contribution < -0.4 is 5.32 Å². The topological polar surface area (TPSA) is 89.3 Å². The van der Waals surface area contributed by atoms with Crippen molar-refractivity contribution in [3.05, 3.63) is 65.1 Å². The molecule has 2 heterocycles. The van der Waals surface area contributed by atoms with Gasteiger partial charge in [0.15, 0.2) is 15.6 Å². The van der Waals surface area contributed by atoms with Crippen LogP contribution in [0.2, 0.25) is 0 Å². The van der Waals surface area contributed by atoms with E-state index in [1.54, 1.807) is 23.5 Å². The standard InChI is InChI=1S/C23H22N2O4S2/c1-31(27,28)23(9-10-23)18-8-7-16(29-18)19(26)25-22-12-21(13-22,14-22)17-11-30-20(24-17)15-5-3-2-4-6-15/h2-8,11H,9-10,12-14H2,1H3,(H,25,26). The third-order valence-electron chi connectivity index (χ3n) is 7.17. The van der Waals surface area contributed by atoms with Gasteiger partial charge < -0.3 is 9.73 Å². The van der Waals surface area contributed by atoms with Crippen LogP contribution in [0.15, 0.2) is 52.3 Å². The highest BCUT2D eigenvalue weighted by Gasteiger charge is 2.70. The molecule has 0 aliphatic heterocycles. The summed E-state index contributed by atoms with van der Waals surface area (Å²) < 4.78 is 28.9. The lowest BCUT2D eigenvalue weighted by Crippen LogP contribution is -2.76. The predicted molar refractivity (Wildman–Crippen MR) is 118 cm³/mol. The Morgan fingerprint density at radius 3 is 2.45 bits per heavy atom. The zero-order valence-corrected chi connectivity index (χ0v) is 18.7. The molecule has 0 spiro atoms. The highest BCUT2D eigenvalue weighted by Crippen LogP contribution is 2.68. The fourth-order valence-electron chi connectivity index (χ4n) is 5.34. The van der Waals surface area contributed by atoms with Crippen LogP contribution in [0.25, 0.3) is 10.6 Å². The van der Waals surface area contributed by atoms with Gasteiger partial charge in [0.25, 0.3) is 5.91 Å². The van der Waals surface area contributed by atoms with Crippen LogP contribution in [0.4, 0.5) is 0 Å². The first-order valence-corrected chi connectivity index (χ1v) is 13.2. The molecule has 1 amide bonds. The molecule has 4 aliphatic carbocycles. The number of furan rings is 1. The van der Waals surface area contributed by atoms with Crippen LogP contribution in [-0.2, 0) is 20.0 Å². The Labute approximate surface area is 184 Å². The lowest BCUT2D eigenvalue weighted by atomic mass is 9.38. The summed E-state index contributed by atoms with van der Waals surface area (Å²) in [5.41, 5.74) is 2.12. The largest absolute Gasteiger partial charge is 0.454 e. The maximum absolute atomic E-state index is 12.8. The lowest BCUT2D eigenvalue weighted by Gasteiger charge is -2.69. The minimum Gasteiger partial charge on any atom is -0.454 e. The quantitative estimate of drug-likeness (QED) is 0.607. The number of carbonyl (C=O) groups is 1. The van der Waals surface area contributed by atoms with Gasteiger partial charge in [-0.1, -0.05) is 30.3 Å². The molecule has 31 heavy (non-hydrogen) atoms. The van der Waals surface area contributed by atoms with Crippen molar-refractivity contribution < 1.29 is 17.6 Å². The van der Waals surface area contributed by atoms with E-state index < -0.39 is 14.6 Å². The number of carbonyl (C=O) groups excluding carboxylic acids is 1. The lowest BCUT2D eigenvalue weighted by molar-refractivity contribution is -0.0834. The number of hydrogen-bond acceptors (Lipinski definition) is 6. The number of nitrogens with one attached hydrogen (secondary N) is 1. The molecule has 7 rings (SSSR count). The first-order chi connectivity index (χ1) is 14.7. The Bertz CT molecular complexity index is 1280. The summed E-state index contributed by atoms with van der Waals surface area (Å²) in [6, 6.07) is 13.4. The second-order valence-corrected chi connectivity index (χ2v) is 12.6. The van der Waals surface area contributed by atoms with E-state index in [2.05, 4.69) is 22.8 Å². The summed E-state index contributed by atoms with van der Waals surface area (Å²) in [6.45, 7) is 0. The first kappa shape index (κ1) is 19.3. The minimum absolute atomic E-state index is 0.0689. The van der Waals surface area contributed by atoms with E-state index in [9.17, 15) is 13.2 Å². The summed E-state index contributed by atoms with van der Waals surface area (Å²) in [6.07, 6.45) is 4.96. The Kier molecular flexibility index (Phi) is 3.77. The van der Waals surface area contributed by atoms with Gasteiger partial charge in [-0.3, -0.25) is 4.79 Å². The van der Waals surface area contributed by atoms with Gasteiger partial charge in [-0.15, -0.1) is 11.3 Å². The van der Waals surface area contributed by atoms with Crippen molar-refractivity contribution in [2.45, 2.75) is 47.8 Å². The fourth-order valence-corrected chi connectivity index (χ4v) is 7.61. The SMILES string of the molecule is CS(=O)(=O)C1(c2ccc(C(=O)NC34CC(c5csc(-c6ccccc6)n5)(C3)C4)o2)CC1. The van der Waals surface area contributed by atoms with Crippen molar-refractivity contribution in [3.63, 3.8) is 0 Å². The second kappa shape index (κ2) is 6.07. The predicted octanol–water partition coefficient (Wildman–Crippen LogP) is 4.04. The van der Waals surface area contributed by atoms with E-state index in [1.165, 1.54) is 6.26 Å². The van der Waals surface area contributed by atoms with Crippen LogP contribution >= 0.6 is 11.3 Å². The van der Waals surface area contributed by atoms with Gasteiger partial charge in [0.05, 0.1) is 5.69 Å². The molecular formula is C23H22N2O4S2. The van der Waals surface area contributed by atoms with Crippen LogP contribution in [0.3, 0.4) is 0 Å². The van der Waals surface area contributed by atoms with Gasteiger partial charge in [-0.25, -0.2) is 13.4 Å². The number of thiazole rings is 1. The maximum atomic E-state index is 12.8. The monoisotopic (exact) mass is 454 g/mol. The summed E-state index contributed by atoms with van der Waals surface area (Å²) in [4.78, 5) is 17.6. The van der Waals surface area contributed by atoms with Gasteiger partial charge in [0.1, 0.15) is 15.5 Å². The molecule has 1 aromatic carbocycles. The molecule has 160 valence electrons. The Balaban J connectivity index is 1.13. The third kappa shape index (κ3) is 2.77. The van der Waals surface area contributed by atoms with Crippen LogP contribution in [0.1, 0.15) is 54.1 Å². The van der Waals surface area contributed by atoms with E-state index in [-0.39, 0.29) is 22.6 Å².